The van der Waals surface area contributed by atoms with Gasteiger partial charge in [0.2, 0.25) is 0 Å². The van der Waals surface area contributed by atoms with Crippen molar-refractivity contribution in [3.63, 3.8) is 0 Å². The molecule has 0 heterocycles. The molecule has 0 aliphatic heterocycles. The van der Waals surface area contributed by atoms with Gasteiger partial charge in [0.25, 0.3) is 0 Å². The van der Waals surface area contributed by atoms with Crippen molar-refractivity contribution in [2.75, 3.05) is 0 Å². The third kappa shape index (κ3) is 4.19. The number of rotatable bonds is 2. The molecular formula is C12Br8O. The van der Waals surface area contributed by atoms with E-state index in [1.54, 1.807) is 0 Å². The van der Waals surface area contributed by atoms with Gasteiger partial charge in [-0.25, -0.2) is 0 Å². The molecule has 0 fully saturated rings. The summed E-state index contributed by atoms with van der Waals surface area (Å²) in [5.41, 5.74) is 0. The molecule has 0 unspecified atom stereocenters. The van der Waals surface area contributed by atoms with Gasteiger partial charge in [-0.15, -0.1) is 0 Å². The summed E-state index contributed by atoms with van der Waals surface area (Å²) in [7, 11) is 0. The first-order chi connectivity index (χ1) is 9.73. The number of ether oxygens (including phenoxy) is 1. The maximum Gasteiger partial charge on any atom is 0.158 e. The number of hydrogen-bond donors (Lipinski definition) is 0. The van der Waals surface area contributed by atoms with Crippen molar-refractivity contribution in [2.45, 2.75) is 0 Å². The fraction of sp³-hybridized carbons (Fsp3) is 0. The van der Waals surface area contributed by atoms with Gasteiger partial charge >= 0.3 is 0 Å². The summed E-state index contributed by atoms with van der Waals surface area (Å²) in [6, 6.07) is 6.19. The van der Waals surface area contributed by atoms with Crippen LogP contribution in [0.15, 0.2) is 35.8 Å². The van der Waals surface area contributed by atoms with Crippen LogP contribution in [-0.2, 0) is 0 Å². The van der Waals surface area contributed by atoms with Crippen molar-refractivity contribution < 1.29 is 4.74 Å². The number of hydrogen-bond acceptors (Lipinski definition) is 1. The van der Waals surface area contributed by atoms with Gasteiger partial charge in [-0.2, -0.15) is 0 Å². The molecule has 9 heteroatoms. The highest BCUT2D eigenvalue weighted by Gasteiger charge is 2.20. The van der Waals surface area contributed by atoms with Crippen LogP contribution in [0.1, 0.15) is 0 Å². The summed E-state index contributed by atoms with van der Waals surface area (Å²) in [5.74, 6) is 1.22. The Labute approximate surface area is 189 Å². The summed E-state index contributed by atoms with van der Waals surface area (Å²) in [6.07, 6.45) is 0. The molecule has 0 aliphatic carbocycles. The van der Waals surface area contributed by atoms with Gasteiger partial charge in [0, 0.05) is 30.0 Å². The quantitative estimate of drug-likeness (QED) is 0.276. The Bertz CT molecular complexity index is 614. The summed E-state index contributed by atoms with van der Waals surface area (Å²) in [5, 5.41) is 0. The van der Waals surface area contributed by atoms with Gasteiger partial charge in [0.15, 0.2) is 11.5 Å². The van der Waals surface area contributed by atoms with E-state index in [0.717, 1.165) is 35.8 Å². The van der Waals surface area contributed by atoms with E-state index in [0.29, 0.717) is 11.5 Å². The maximum atomic E-state index is 6.08. The van der Waals surface area contributed by atoms with Crippen LogP contribution in [0.4, 0.5) is 0 Å². The van der Waals surface area contributed by atoms with E-state index in [1.807, 2.05) is 0 Å². The van der Waals surface area contributed by atoms with E-state index >= 15 is 0 Å². The largest absolute Gasteiger partial charge is 0.452 e. The normalized spacial score (nSPS) is 10.9. The minimum atomic E-state index is 0.610. The Hall–Kier alpha value is 2.08. The van der Waals surface area contributed by atoms with Crippen molar-refractivity contribution in [2.24, 2.45) is 0 Å². The van der Waals surface area contributed by atoms with Crippen LogP contribution in [0.25, 0.3) is 0 Å². The fourth-order valence-corrected chi connectivity index (χ4v) is 5.38. The topological polar surface area (TPSA) is 9.23 Å². The fourth-order valence-electron chi connectivity index (χ4n) is 1.28. The van der Waals surface area contributed by atoms with Gasteiger partial charge in [0.1, 0.15) is 0 Å². The average Bonchev–Trinajstić information content (AvgIpc) is 2.42. The molecule has 0 bridgehead atoms. The molecule has 2 rings (SSSR count). The van der Waals surface area contributed by atoms with E-state index in [9.17, 15) is 0 Å². The molecule has 1 nitrogen and oxygen atoms in total. The average molecular weight is 799 g/mol. The summed E-state index contributed by atoms with van der Waals surface area (Å²) in [4.78, 5) is 0. The first kappa shape index (κ1) is 19.4. The van der Waals surface area contributed by atoms with E-state index in [2.05, 4.69) is 140 Å². The maximum absolute atomic E-state index is 6.08. The summed E-state index contributed by atoms with van der Waals surface area (Å²) < 4.78 is 12.1. The summed E-state index contributed by atoms with van der Waals surface area (Å²) in [6.45, 7) is 0. The van der Waals surface area contributed by atoms with E-state index in [4.69, 9.17) is 4.74 Å². The van der Waals surface area contributed by atoms with Crippen LogP contribution in [0, 0.1) is 12.1 Å². The van der Waals surface area contributed by atoms with Crippen molar-refractivity contribution in [3.8, 4) is 11.5 Å². The lowest BCUT2D eigenvalue weighted by Crippen LogP contribution is -1.93. The van der Waals surface area contributed by atoms with Crippen molar-refractivity contribution in [1.29, 1.82) is 0 Å². The lowest BCUT2D eigenvalue weighted by Gasteiger charge is -2.16. The Balaban J connectivity index is 2.64. The zero-order valence-corrected chi connectivity index (χ0v) is 22.1. The second-order valence-corrected chi connectivity index (χ2v) is 9.87. The van der Waals surface area contributed by atoms with Crippen molar-refractivity contribution >= 4 is 127 Å². The first-order valence-corrected chi connectivity index (χ1v) is 11.3. The monoisotopic (exact) mass is 791 g/mol. The molecule has 0 saturated carbocycles. The smallest absolute Gasteiger partial charge is 0.158 e. The molecule has 0 aromatic heterocycles. The molecule has 0 N–H and O–H groups in total. The Kier molecular flexibility index (Phi) is 7.37. The lowest BCUT2D eigenvalue weighted by atomic mass is 10.3. The van der Waals surface area contributed by atoms with Gasteiger partial charge in [-0.05, 0) is 127 Å². The highest BCUT2D eigenvalue weighted by molar-refractivity contribution is 9.14. The zero-order valence-electron chi connectivity index (χ0n) is 9.43. The summed E-state index contributed by atoms with van der Waals surface area (Å²) >= 11 is 27.7. The molecule has 0 spiro atoms. The molecule has 2 aromatic carbocycles. The SMILES string of the molecule is Brc1[c]c(Br)c(Br)c(Oc2c(Br)c(Br)[c]c(Br)c2Br)c1Br. The predicted molar refractivity (Wildman–Crippen MR) is 112 cm³/mol. The van der Waals surface area contributed by atoms with Crippen LogP contribution >= 0.6 is 127 Å². The third-order valence-corrected chi connectivity index (χ3v) is 9.75. The highest BCUT2D eigenvalue weighted by atomic mass is 79.9. The van der Waals surface area contributed by atoms with Crippen molar-refractivity contribution in [3.05, 3.63) is 47.9 Å². The zero-order chi connectivity index (χ0) is 15.9. The Morgan fingerprint density at radius 2 is 0.714 bits per heavy atom. The minimum absolute atomic E-state index is 0.610. The molecular weight excluding hydrogens is 799 g/mol. The third-order valence-electron chi connectivity index (χ3n) is 2.21. The van der Waals surface area contributed by atoms with E-state index < -0.39 is 0 Å². The van der Waals surface area contributed by atoms with Gasteiger partial charge in [0.05, 0.1) is 17.9 Å². The van der Waals surface area contributed by atoms with E-state index in [-0.39, 0.29) is 0 Å². The van der Waals surface area contributed by atoms with Crippen LogP contribution < -0.4 is 4.74 Å². The van der Waals surface area contributed by atoms with Crippen LogP contribution in [-0.4, -0.2) is 0 Å². The van der Waals surface area contributed by atoms with Gasteiger partial charge in [-0.1, -0.05) is 0 Å². The lowest BCUT2D eigenvalue weighted by molar-refractivity contribution is 0.468. The highest BCUT2D eigenvalue weighted by Crippen LogP contribution is 2.49. The molecule has 21 heavy (non-hydrogen) atoms. The molecule has 2 radical (unpaired) electrons. The molecule has 0 amide bonds. The van der Waals surface area contributed by atoms with Crippen LogP contribution in [0.5, 0.6) is 11.5 Å². The number of benzene rings is 2. The number of halogens is 8. The molecule has 0 saturated heterocycles. The predicted octanol–water partition coefficient (Wildman–Crippen LogP) is 9.18. The minimum Gasteiger partial charge on any atom is -0.452 e. The second kappa shape index (κ2) is 7.97. The van der Waals surface area contributed by atoms with Gasteiger partial charge < -0.3 is 4.74 Å². The van der Waals surface area contributed by atoms with Crippen LogP contribution in [0.2, 0.25) is 0 Å². The molecule has 0 atom stereocenters. The Morgan fingerprint density at radius 3 is 0.952 bits per heavy atom. The molecule has 0 aliphatic rings. The van der Waals surface area contributed by atoms with Crippen LogP contribution in [0.3, 0.4) is 0 Å². The van der Waals surface area contributed by atoms with Crippen molar-refractivity contribution in [1.82, 2.24) is 0 Å². The Morgan fingerprint density at radius 1 is 0.476 bits per heavy atom. The first-order valence-electron chi connectivity index (χ1n) is 4.92. The molecule has 110 valence electrons. The molecule has 2 aromatic rings. The van der Waals surface area contributed by atoms with Gasteiger partial charge in [-0.3, -0.25) is 0 Å². The van der Waals surface area contributed by atoms with E-state index in [1.165, 1.54) is 0 Å². The standard InChI is InChI=1S/C12Br8O/c13-3-1-4(14)8(18)11(7(3)17)21-12-9(19)5(15)2-6(16)10(12)20. The second-order valence-electron chi connectivity index (χ2n) is 3.52.